The Balaban J connectivity index is 1.53. The van der Waals surface area contributed by atoms with Crippen LogP contribution in [0, 0.1) is 0 Å². The number of ether oxygens (including phenoxy) is 3. The van der Waals surface area contributed by atoms with Crippen LogP contribution in [0.2, 0.25) is 0 Å². The smallest absolute Gasteiger partial charge is 0.387 e. The molecular formula is C32H22F2N2O5. The lowest BCUT2D eigenvalue weighted by atomic mass is 9.87. The van der Waals surface area contributed by atoms with Gasteiger partial charge in [-0.05, 0) is 47.5 Å². The zero-order valence-corrected chi connectivity index (χ0v) is 21.9. The van der Waals surface area contributed by atoms with Crippen LogP contribution in [0.15, 0.2) is 84.9 Å². The summed E-state index contributed by atoms with van der Waals surface area (Å²) < 4.78 is 41.9. The van der Waals surface area contributed by atoms with E-state index < -0.39 is 12.5 Å². The van der Waals surface area contributed by atoms with Crippen molar-refractivity contribution in [3.05, 3.63) is 107 Å². The largest absolute Gasteiger partial charge is 0.493 e. The van der Waals surface area contributed by atoms with Gasteiger partial charge in [0, 0.05) is 27.6 Å². The molecule has 1 aliphatic rings. The van der Waals surface area contributed by atoms with Gasteiger partial charge in [0.1, 0.15) is 11.4 Å². The molecule has 0 radical (unpaired) electrons. The van der Waals surface area contributed by atoms with Crippen molar-refractivity contribution in [3.8, 4) is 28.5 Å². The van der Waals surface area contributed by atoms with Crippen molar-refractivity contribution in [2.75, 3.05) is 14.2 Å². The van der Waals surface area contributed by atoms with E-state index in [0.29, 0.717) is 55.9 Å². The highest BCUT2D eigenvalue weighted by atomic mass is 19.3. The molecule has 0 N–H and O–H groups in total. The number of ketones is 1. The predicted molar refractivity (Wildman–Crippen MR) is 150 cm³/mol. The molecule has 4 aromatic carbocycles. The van der Waals surface area contributed by atoms with Gasteiger partial charge in [0.25, 0.3) is 5.91 Å². The van der Waals surface area contributed by atoms with Gasteiger partial charge in [-0.1, -0.05) is 54.6 Å². The molecule has 0 fully saturated rings. The summed E-state index contributed by atoms with van der Waals surface area (Å²) in [6.45, 7) is -2.95. The quantitative estimate of drug-likeness (QED) is 0.161. The van der Waals surface area contributed by atoms with E-state index in [2.05, 4.69) is 4.74 Å². The van der Waals surface area contributed by atoms with Crippen LogP contribution in [0.3, 0.4) is 0 Å². The fourth-order valence-corrected chi connectivity index (χ4v) is 5.03. The number of aromatic nitrogens is 2. The maximum atomic E-state index is 14.3. The fourth-order valence-electron chi connectivity index (χ4n) is 5.03. The van der Waals surface area contributed by atoms with Crippen LogP contribution in [-0.2, 0) is 0 Å². The zero-order valence-electron chi connectivity index (χ0n) is 21.9. The fraction of sp³-hybridized carbons (Fsp3) is 0.0938. The van der Waals surface area contributed by atoms with Crippen molar-refractivity contribution in [2.24, 2.45) is 0 Å². The summed E-state index contributed by atoms with van der Waals surface area (Å²) in [6, 6.07) is 23.4. The number of halogens is 2. The number of carbonyl (C=O) groups excluding carboxylic acids is 2. The Hall–Kier alpha value is -5.31. The lowest BCUT2D eigenvalue weighted by Gasteiger charge is -2.13. The first-order valence-electron chi connectivity index (χ1n) is 12.6. The van der Waals surface area contributed by atoms with E-state index in [9.17, 15) is 18.4 Å². The van der Waals surface area contributed by atoms with Crippen molar-refractivity contribution >= 4 is 34.2 Å². The molecule has 0 spiro atoms. The minimum absolute atomic E-state index is 0.00638. The number of hydrogen-bond acceptors (Lipinski definition) is 6. The Bertz CT molecular complexity index is 1860. The molecule has 9 heteroatoms. The normalized spacial score (nSPS) is 12.4. The van der Waals surface area contributed by atoms with E-state index in [0.717, 1.165) is 0 Å². The lowest BCUT2D eigenvalue weighted by Crippen LogP contribution is -2.14. The number of rotatable bonds is 7. The Labute approximate surface area is 233 Å². The predicted octanol–water partition coefficient (Wildman–Crippen LogP) is 6.75. The van der Waals surface area contributed by atoms with Gasteiger partial charge < -0.3 is 14.2 Å². The first-order valence-corrected chi connectivity index (χ1v) is 12.6. The summed E-state index contributed by atoms with van der Waals surface area (Å²) in [5.41, 5.74) is 3.98. The molecule has 204 valence electrons. The Morgan fingerprint density at radius 1 is 0.854 bits per heavy atom. The highest BCUT2D eigenvalue weighted by molar-refractivity contribution is 6.29. The van der Waals surface area contributed by atoms with E-state index >= 15 is 0 Å². The minimum Gasteiger partial charge on any atom is -0.493 e. The summed E-state index contributed by atoms with van der Waals surface area (Å²) >= 11 is 0. The van der Waals surface area contributed by atoms with E-state index in [1.54, 1.807) is 66.7 Å². The number of carbonyl (C=O) groups is 2. The number of allylic oxidation sites excluding steroid dienone is 1. The first kappa shape index (κ1) is 25.9. The van der Waals surface area contributed by atoms with Gasteiger partial charge in [-0.25, -0.2) is 0 Å². The molecule has 0 saturated heterocycles. The number of hydrogen-bond donors (Lipinski definition) is 0. The Morgan fingerprint density at radius 3 is 2.27 bits per heavy atom. The van der Waals surface area contributed by atoms with Crippen LogP contribution < -0.4 is 14.2 Å². The van der Waals surface area contributed by atoms with E-state index in [1.807, 2.05) is 12.1 Å². The second kappa shape index (κ2) is 10.3. The topological polar surface area (TPSA) is 79.7 Å². The SMILES string of the molecule is COc1ccc(/C(=C\c2ccc(OC(F)F)cc2)C(=O)n2nc3c4c(cccc42)C(=O)c2ccccc2-3)cc1OC. The molecule has 0 atom stereocenters. The average Bonchev–Trinajstić information content (AvgIpc) is 3.39. The maximum absolute atomic E-state index is 14.3. The third-order valence-electron chi connectivity index (χ3n) is 6.91. The van der Waals surface area contributed by atoms with E-state index in [-0.39, 0.29) is 17.1 Å². The molecule has 0 bridgehead atoms. The summed E-state index contributed by atoms with van der Waals surface area (Å²) in [7, 11) is 3.01. The molecule has 0 amide bonds. The van der Waals surface area contributed by atoms with Gasteiger partial charge >= 0.3 is 6.61 Å². The van der Waals surface area contributed by atoms with Gasteiger partial charge in [0.15, 0.2) is 17.3 Å². The van der Waals surface area contributed by atoms with Gasteiger partial charge in [-0.15, -0.1) is 0 Å². The van der Waals surface area contributed by atoms with Crippen LogP contribution in [-0.4, -0.2) is 42.3 Å². The Kier molecular flexibility index (Phi) is 6.55. The summed E-state index contributed by atoms with van der Waals surface area (Å²) in [5.74, 6) is 0.287. The molecule has 0 saturated carbocycles. The van der Waals surface area contributed by atoms with Gasteiger partial charge in [0.05, 0.1) is 19.7 Å². The average molecular weight is 553 g/mol. The molecule has 0 unspecified atom stereocenters. The van der Waals surface area contributed by atoms with Crippen molar-refractivity contribution < 1.29 is 32.6 Å². The van der Waals surface area contributed by atoms with Crippen LogP contribution in [0.1, 0.15) is 31.8 Å². The number of fused-ring (bicyclic) bond motifs is 2. The van der Waals surface area contributed by atoms with Crippen molar-refractivity contribution in [1.29, 1.82) is 0 Å². The number of alkyl halides is 2. The molecular weight excluding hydrogens is 530 g/mol. The van der Waals surface area contributed by atoms with Crippen LogP contribution in [0.25, 0.3) is 33.8 Å². The monoisotopic (exact) mass is 552 g/mol. The maximum Gasteiger partial charge on any atom is 0.387 e. The third kappa shape index (κ3) is 4.51. The lowest BCUT2D eigenvalue weighted by molar-refractivity contribution is -0.0498. The van der Waals surface area contributed by atoms with Crippen molar-refractivity contribution in [2.45, 2.75) is 6.61 Å². The first-order chi connectivity index (χ1) is 19.9. The standard InChI is InChI=1S/C32H22F2N2O5/c1-39-26-15-12-19(17-27(26)40-2)24(16-18-10-13-20(14-11-18)41-32(33)34)31(38)36-25-9-5-8-23-28(25)29(35-36)21-6-3-4-7-22(21)30(23)37/h3-17,32H,1-2H3/b24-16+. The highest BCUT2D eigenvalue weighted by Gasteiger charge is 2.30. The second-order valence-corrected chi connectivity index (χ2v) is 9.22. The zero-order chi connectivity index (χ0) is 28.7. The molecule has 41 heavy (non-hydrogen) atoms. The molecule has 1 aliphatic carbocycles. The molecule has 6 rings (SSSR count). The third-order valence-corrected chi connectivity index (χ3v) is 6.91. The van der Waals surface area contributed by atoms with E-state index in [4.69, 9.17) is 14.6 Å². The van der Waals surface area contributed by atoms with Crippen LogP contribution in [0.4, 0.5) is 8.78 Å². The molecule has 5 aromatic rings. The molecule has 0 aliphatic heterocycles. The van der Waals surface area contributed by atoms with Crippen LogP contribution in [0.5, 0.6) is 17.2 Å². The molecule has 1 aromatic heterocycles. The molecule has 7 nitrogen and oxygen atoms in total. The number of benzene rings is 4. The van der Waals surface area contributed by atoms with Crippen molar-refractivity contribution in [3.63, 3.8) is 0 Å². The number of methoxy groups -OCH3 is 2. The Morgan fingerprint density at radius 2 is 1.56 bits per heavy atom. The van der Waals surface area contributed by atoms with Gasteiger partial charge in [-0.2, -0.15) is 18.6 Å². The second-order valence-electron chi connectivity index (χ2n) is 9.22. The number of nitrogens with zero attached hydrogens (tertiary/aromatic N) is 2. The highest BCUT2D eigenvalue weighted by Crippen LogP contribution is 2.40. The summed E-state index contributed by atoms with van der Waals surface area (Å²) in [6.07, 6.45) is 1.63. The summed E-state index contributed by atoms with van der Waals surface area (Å²) in [5, 5.41) is 5.32. The van der Waals surface area contributed by atoms with Crippen molar-refractivity contribution in [1.82, 2.24) is 9.78 Å². The van der Waals surface area contributed by atoms with Gasteiger partial charge in [-0.3, -0.25) is 9.59 Å². The minimum atomic E-state index is -2.95. The summed E-state index contributed by atoms with van der Waals surface area (Å²) in [4.78, 5) is 27.6. The van der Waals surface area contributed by atoms with E-state index in [1.165, 1.54) is 31.0 Å². The van der Waals surface area contributed by atoms with Gasteiger partial charge in [0.2, 0.25) is 0 Å². The van der Waals surface area contributed by atoms with Crippen LogP contribution >= 0.6 is 0 Å². The molecule has 1 heterocycles.